The summed E-state index contributed by atoms with van der Waals surface area (Å²) in [6.07, 6.45) is -1.04. The number of nitrogens with zero attached hydrogens (tertiary/aromatic N) is 2. The van der Waals surface area contributed by atoms with Gasteiger partial charge in [-0.2, -0.15) is 0 Å². The summed E-state index contributed by atoms with van der Waals surface area (Å²) in [5.74, 6) is -0.588. The van der Waals surface area contributed by atoms with Crippen LogP contribution in [0.2, 0.25) is 0 Å². The van der Waals surface area contributed by atoms with Gasteiger partial charge < -0.3 is 19.3 Å². The van der Waals surface area contributed by atoms with E-state index in [0.29, 0.717) is 29.4 Å². The average molecular weight is 433 g/mol. The summed E-state index contributed by atoms with van der Waals surface area (Å²) in [4.78, 5) is 29.6. The van der Waals surface area contributed by atoms with Crippen LogP contribution in [0.1, 0.15) is 17.7 Å². The van der Waals surface area contributed by atoms with Gasteiger partial charge in [-0.25, -0.2) is 4.39 Å². The minimum absolute atomic E-state index is 0.328. The molecule has 0 saturated carbocycles. The summed E-state index contributed by atoms with van der Waals surface area (Å²) in [6.45, 7) is 2.27. The zero-order valence-electron chi connectivity index (χ0n) is 17.4. The lowest BCUT2D eigenvalue weighted by atomic mass is 10.1. The molecule has 2 aromatic rings. The van der Waals surface area contributed by atoms with Crippen molar-refractivity contribution in [2.24, 2.45) is 0 Å². The van der Waals surface area contributed by atoms with Crippen LogP contribution in [0.25, 0.3) is 0 Å². The molecular weight excluding hydrogens is 407 g/mol. The number of amides is 1. The first-order valence-electron chi connectivity index (χ1n) is 9.53. The minimum Gasteiger partial charge on any atom is -0.497 e. The monoisotopic (exact) mass is 432 g/mol. The SMILES string of the molecule is COc1ccc(C2Sc3cc(F)ccc3N(CCN(C)C)C(=O)C2OC(C)=O)cc1. The normalized spacial score (nSPS) is 18.7. The van der Waals surface area contributed by atoms with Crippen molar-refractivity contribution in [1.82, 2.24) is 4.90 Å². The number of halogens is 1. The maximum atomic E-state index is 14.1. The number of likely N-dealkylation sites (N-methyl/N-ethyl adjacent to an activating group) is 1. The fourth-order valence-electron chi connectivity index (χ4n) is 3.26. The topological polar surface area (TPSA) is 59.1 Å². The lowest BCUT2D eigenvalue weighted by molar-refractivity contribution is -0.152. The van der Waals surface area contributed by atoms with Crippen LogP contribution < -0.4 is 9.64 Å². The van der Waals surface area contributed by atoms with Gasteiger partial charge in [0.15, 0.2) is 6.10 Å². The molecule has 0 spiro atoms. The summed E-state index contributed by atoms with van der Waals surface area (Å²) < 4.78 is 24.8. The van der Waals surface area contributed by atoms with Crippen molar-refractivity contribution >= 4 is 29.3 Å². The molecular formula is C22H25FN2O4S. The van der Waals surface area contributed by atoms with Gasteiger partial charge in [-0.3, -0.25) is 9.59 Å². The number of hydrogen-bond donors (Lipinski definition) is 0. The molecule has 0 radical (unpaired) electrons. The van der Waals surface area contributed by atoms with Gasteiger partial charge in [0.05, 0.1) is 18.0 Å². The van der Waals surface area contributed by atoms with E-state index in [4.69, 9.17) is 9.47 Å². The molecule has 1 aliphatic rings. The Labute approximate surface area is 179 Å². The van der Waals surface area contributed by atoms with Crippen molar-refractivity contribution in [3.05, 3.63) is 53.8 Å². The smallest absolute Gasteiger partial charge is 0.303 e. The molecule has 0 aliphatic carbocycles. The highest BCUT2D eigenvalue weighted by atomic mass is 32.2. The lowest BCUT2D eigenvalue weighted by Crippen LogP contribution is -2.45. The highest BCUT2D eigenvalue weighted by molar-refractivity contribution is 7.99. The summed E-state index contributed by atoms with van der Waals surface area (Å²) >= 11 is 1.32. The van der Waals surface area contributed by atoms with Crippen molar-refractivity contribution in [3.63, 3.8) is 0 Å². The molecule has 3 rings (SSSR count). The van der Waals surface area contributed by atoms with Crippen LogP contribution >= 0.6 is 11.8 Å². The van der Waals surface area contributed by atoms with E-state index in [1.807, 2.05) is 31.1 Å². The van der Waals surface area contributed by atoms with Crippen LogP contribution in [-0.2, 0) is 14.3 Å². The van der Waals surface area contributed by atoms with Gasteiger partial charge in [0.25, 0.3) is 5.91 Å². The maximum Gasteiger partial charge on any atom is 0.303 e. The molecule has 160 valence electrons. The zero-order chi connectivity index (χ0) is 21.8. The first kappa shape index (κ1) is 22.1. The second-order valence-corrected chi connectivity index (χ2v) is 8.43. The van der Waals surface area contributed by atoms with E-state index < -0.39 is 17.3 Å². The molecule has 8 heteroatoms. The van der Waals surface area contributed by atoms with Gasteiger partial charge in [-0.15, -0.1) is 11.8 Å². The first-order valence-corrected chi connectivity index (χ1v) is 10.4. The number of esters is 1. The zero-order valence-corrected chi connectivity index (χ0v) is 18.2. The van der Waals surface area contributed by atoms with E-state index in [2.05, 4.69) is 0 Å². The number of hydrogen-bond acceptors (Lipinski definition) is 6. The van der Waals surface area contributed by atoms with Gasteiger partial charge in [-0.1, -0.05) is 12.1 Å². The van der Waals surface area contributed by atoms with Gasteiger partial charge in [0.1, 0.15) is 11.6 Å². The number of carbonyl (C=O) groups is 2. The van der Waals surface area contributed by atoms with Gasteiger partial charge in [0, 0.05) is 24.9 Å². The molecule has 2 unspecified atom stereocenters. The molecule has 0 bridgehead atoms. The number of anilines is 1. The molecule has 0 N–H and O–H groups in total. The Kier molecular flexibility index (Phi) is 6.99. The Hall–Kier alpha value is -2.58. The van der Waals surface area contributed by atoms with Crippen molar-refractivity contribution in [1.29, 1.82) is 0 Å². The third-order valence-electron chi connectivity index (χ3n) is 4.76. The maximum absolute atomic E-state index is 14.1. The summed E-state index contributed by atoms with van der Waals surface area (Å²) in [7, 11) is 5.39. The molecule has 2 atom stereocenters. The largest absolute Gasteiger partial charge is 0.497 e. The van der Waals surface area contributed by atoms with E-state index in [0.717, 1.165) is 5.56 Å². The van der Waals surface area contributed by atoms with Gasteiger partial charge in [0.2, 0.25) is 0 Å². The van der Waals surface area contributed by atoms with Gasteiger partial charge in [-0.05, 0) is 50.0 Å². The molecule has 6 nitrogen and oxygen atoms in total. The summed E-state index contributed by atoms with van der Waals surface area (Å²) in [5.41, 5.74) is 1.39. The van der Waals surface area contributed by atoms with E-state index >= 15 is 0 Å². The number of rotatable bonds is 6. The van der Waals surface area contributed by atoms with E-state index in [1.165, 1.54) is 30.8 Å². The standard InChI is InChI=1S/C22H25FN2O4S/c1-14(26)29-20-21(15-5-8-17(28-4)9-6-15)30-19-13-16(23)7-10-18(19)25(22(20)27)12-11-24(2)3/h5-10,13,20-21H,11-12H2,1-4H3. The van der Waals surface area contributed by atoms with Crippen LogP contribution in [0.3, 0.4) is 0 Å². The van der Waals surface area contributed by atoms with Crippen molar-refractivity contribution in [2.75, 3.05) is 39.2 Å². The van der Waals surface area contributed by atoms with Gasteiger partial charge >= 0.3 is 5.97 Å². The highest BCUT2D eigenvalue weighted by Gasteiger charge is 2.40. The van der Waals surface area contributed by atoms with Crippen molar-refractivity contribution in [2.45, 2.75) is 23.2 Å². The third kappa shape index (κ3) is 4.94. The van der Waals surface area contributed by atoms with E-state index in [1.54, 1.807) is 30.2 Å². The van der Waals surface area contributed by atoms with E-state index in [-0.39, 0.29) is 11.7 Å². The van der Waals surface area contributed by atoms with Crippen molar-refractivity contribution < 1.29 is 23.5 Å². The average Bonchev–Trinajstić information content (AvgIpc) is 2.81. The molecule has 1 amide bonds. The number of ether oxygens (including phenoxy) is 2. The number of benzene rings is 2. The van der Waals surface area contributed by atoms with Crippen LogP contribution in [-0.4, -0.2) is 57.2 Å². The Morgan fingerprint density at radius 2 is 1.90 bits per heavy atom. The van der Waals surface area contributed by atoms with Crippen LogP contribution in [0, 0.1) is 5.82 Å². The second-order valence-electron chi connectivity index (χ2n) is 7.25. The van der Waals surface area contributed by atoms with Crippen LogP contribution in [0.15, 0.2) is 47.4 Å². The Morgan fingerprint density at radius 3 is 2.50 bits per heavy atom. The van der Waals surface area contributed by atoms with E-state index in [9.17, 15) is 14.0 Å². The minimum atomic E-state index is -1.04. The quantitative estimate of drug-likeness (QED) is 0.651. The molecule has 1 heterocycles. The molecule has 1 aliphatic heterocycles. The first-order chi connectivity index (χ1) is 14.3. The Balaban J connectivity index is 2.09. The second kappa shape index (κ2) is 9.49. The Bertz CT molecular complexity index is 920. The summed E-state index contributed by atoms with van der Waals surface area (Å²) in [6, 6.07) is 11.6. The fourth-order valence-corrected chi connectivity index (χ4v) is 4.61. The number of thioether (sulfide) groups is 1. The predicted octanol–water partition coefficient (Wildman–Crippen LogP) is 3.51. The molecule has 30 heavy (non-hydrogen) atoms. The number of fused-ring (bicyclic) bond motifs is 1. The van der Waals surface area contributed by atoms with Crippen LogP contribution in [0.5, 0.6) is 5.75 Å². The highest BCUT2D eigenvalue weighted by Crippen LogP contribution is 2.47. The molecule has 0 fully saturated rings. The van der Waals surface area contributed by atoms with Crippen molar-refractivity contribution in [3.8, 4) is 5.75 Å². The predicted molar refractivity (Wildman–Crippen MR) is 114 cm³/mol. The third-order valence-corrected chi connectivity index (χ3v) is 6.11. The fraction of sp³-hybridized carbons (Fsp3) is 0.364. The number of methoxy groups -OCH3 is 1. The molecule has 2 aromatic carbocycles. The lowest BCUT2D eigenvalue weighted by Gasteiger charge is -2.28. The number of carbonyl (C=O) groups excluding carboxylic acids is 2. The Morgan fingerprint density at radius 1 is 1.20 bits per heavy atom. The van der Waals surface area contributed by atoms with Crippen LogP contribution in [0.4, 0.5) is 10.1 Å². The molecule has 0 saturated heterocycles. The summed E-state index contributed by atoms with van der Waals surface area (Å²) in [5, 5.41) is -0.530. The molecule has 0 aromatic heterocycles.